The minimum atomic E-state index is 0.0890. The van der Waals surface area contributed by atoms with Gasteiger partial charge in [0.2, 0.25) is 5.28 Å². The number of rotatable bonds is 2. The van der Waals surface area contributed by atoms with Gasteiger partial charge in [0.25, 0.3) is 0 Å². The highest BCUT2D eigenvalue weighted by molar-refractivity contribution is 6.28. The molecular weight excluding hydrogens is 234 g/mol. The van der Waals surface area contributed by atoms with Gasteiger partial charge in [-0.25, -0.2) is 0 Å². The molecule has 1 heterocycles. The summed E-state index contributed by atoms with van der Waals surface area (Å²) in [6.45, 7) is 2.22. The molecular formula is C13H14ClN3. The lowest BCUT2D eigenvalue weighted by Crippen LogP contribution is -2.37. The molecule has 1 aliphatic rings. The minimum absolute atomic E-state index is 0.0890. The Labute approximate surface area is 105 Å². The quantitative estimate of drug-likeness (QED) is 0.813. The lowest BCUT2D eigenvalue weighted by atomic mass is 9.78. The van der Waals surface area contributed by atoms with Gasteiger partial charge in [-0.15, -0.1) is 10.2 Å². The van der Waals surface area contributed by atoms with Crippen LogP contribution < -0.4 is 0 Å². The van der Waals surface area contributed by atoms with E-state index in [1.807, 2.05) is 30.3 Å². The predicted molar refractivity (Wildman–Crippen MR) is 68.0 cm³/mol. The van der Waals surface area contributed by atoms with Crippen molar-refractivity contribution in [1.82, 2.24) is 14.8 Å². The number of halogens is 1. The smallest absolute Gasteiger partial charge is 0.225 e. The average molecular weight is 248 g/mol. The first-order valence-electron chi connectivity index (χ1n) is 5.87. The van der Waals surface area contributed by atoms with E-state index in [1.54, 1.807) is 0 Å². The first-order valence-corrected chi connectivity index (χ1v) is 6.25. The van der Waals surface area contributed by atoms with Crippen molar-refractivity contribution in [3.8, 4) is 11.4 Å². The Bertz CT molecular complexity index is 529. The lowest BCUT2D eigenvalue weighted by molar-refractivity contribution is 0.171. The molecule has 1 aromatic carbocycles. The third-order valence-corrected chi connectivity index (χ3v) is 3.87. The van der Waals surface area contributed by atoms with Gasteiger partial charge in [-0.3, -0.25) is 4.57 Å². The molecule has 0 saturated heterocycles. The van der Waals surface area contributed by atoms with Crippen LogP contribution in [0.4, 0.5) is 0 Å². The van der Waals surface area contributed by atoms with Crippen LogP contribution in [0.2, 0.25) is 5.28 Å². The summed E-state index contributed by atoms with van der Waals surface area (Å²) < 4.78 is 2.08. The summed E-state index contributed by atoms with van der Waals surface area (Å²) in [6.07, 6.45) is 3.54. The van der Waals surface area contributed by atoms with E-state index < -0.39 is 0 Å². The largest absolute Gasteiger partial charge is 0.292 e. The molecule has 1 aromatic heterocycles. The fraction of sp³-hybridized carbons (Fsp3) is 0.385. The SMILES string of the molecule is CC1(n2c(Cl)nnc2-c2ccccc2)CCC1. The molecule has 17 heavy (non-hydrogen) atoms. The highest BCUT2D eigenvalue weighted by Crippen LogP contribution is 2.42. The average Bonchev–Trinajstić information content (AvgIpc) is 2.70. The molecule has 0 aliphatic heterocycles. The highest BCUT2D eigenvalue weighted by Gasteiger charge is 2.37. The second kappa shape index (κ2) is 3.84. The van der Waals surface area contributed by atoms with E-state index in [2.05, 4.69) is 21.7 Å². The molecule has 4 heteroatoms. The summed E-state index contributed by atoms with van der Waals surface area (Å²) in [4.78, 5) is 0. The third-order valence-electron chi connectivity index (χ3n) is 3.63. The summed E-state index contributed by atoms with van der Waals surface area (Å²) in [5.41, 5.74) is 1.16. The van der Waals surface area contributed by atoms with E-state index in [1.165, 1.54) is 6.42 Å². The first-order chi connectivity index (χ1) is 8.21. The van der Waals surface area contributed by atoms with Crippen LogP contribution in [0.15, 0.2) is 30.3 Å². The van der Waals surface area contributed by atoms with Crippen molar-refractivity contribution in [2.45, 2.75) is 31.7 Å². The molecule has 1 fully saturated rings. The summed E-state index contributed by atoms with van der Waals surface area (Å²) in [7, 11) is 0. The number of hydrogen-bond donors (Lipinski definition) is 0. The standard InChI is InChI=1S/C13H14ClN3/c1-13(8-5-9-13)17-11(15-16-12(17)14)10-6-3-2-4-7-10/h2-4,6-7H,5,8-9H2,1H3. The molecule has 1 aliphatic carbocycles. The van der Waals surface area contributed by atoms with Gasteiger partial charge in [0.05, 0.1) is 0 Å². The van der Waals surface area contributed by atoms with Crippen LogP contribution in [-0.2, 0) is 5.54 Å². The monoisotopic (exact) mass is 247 g/mol. The number of aromatic nitrogens is 3. The Morgan fingerprint density at radius 2 is 1.88 bits per heavy atom. The summed E-state index contributed by atoms with van der Waals surface area (Å²) >= 11 is 6.18. The molecule has 0 amide bonds. The van der Waals surface area contributed by atoms with Crippen molar-refractivity contribution in [3.05, 3.63) is 35.6 Å². The van der Waals surface area contributed by atoms with Crippen molar-refractivity contribution >= 4 is 11.6 Å². The zero-order valence-corrected chi connectivity index (χ0v) is 10.5. The van der Waals surface area contributed by atoms with Crippen molar-refractivity contribution in [2.24, 2.45) is 0 Å². The summed E-state index contributed by atoms with van der Waals surface area (Å²) in [6, 6.07) is 10.1. The molecule has 3 nitrogen and oxygen atoms in total. The van der Waals surface area contributed by atoms with Gasteiger partial charge < -0.3 is 0 Å². The maximum atomic E-state index is 6.18. The number of hydrogen-bond acceptors (Lipinski definition) is 2. The second-order valence-electron chi connectivity index (χ2n) is 4.84. The van der Waals surface area contributed by atoms with Crippen molar-refractivity contribution in [2.75, 3.05) is 0 Å². The van der Waals surface area contributed by atoms with E-state index in [9.17, 15) is 0 Å². The van der Waals surface area contributed by atoms with Gasteiger partial charge >= 0.3 is 0 Å². The Morgan fingerprint density at radius 3 is 2.47 bits per heavy atom. The molecule has 0 N–H and O–H groups in total. The number of nitrogens with zero attached hydrogens (tertiary/aromatic N) is 3. The van der Waals surface area contributed by atoms with E-state index in [-0.39, 0.29) is 5.54 Å². The van der Waals surface area contributed by atoms with Crippen molar-refractivity contribution in [3.63, 3.8) is 0 Å². The lowest BCUT2D eigenvalue weighted by Gasteiger charge is -2.40. The normalized spacial score (nSPS) is 17.8. The second-order valence-corrected chi connectivity index (χ2v) is 5.18. The Kier molecular flexibility index (Phi) is 2.44. The van der Waals surface area contributed by atoms with E-state index in [4.69, 9.17) is 11.6 Å². The van der Waals surface area contributed by atoms with Gasteiger partial charge in [0, 0.05) is 11.1 Å². The van der Waals surface area contributed by atoms with Crippen LogP contribution in [0.5, 0.6) is 0 Å². The van der Waals surface area contributed by atoms with E-state index in [0.29, 0.717) is 5.28 Å². The van der Waals surface area contributed by atoms with Crippen molar-refractivity contribution < 1.29 is 0 Å². The maximum Gasteiger partial charge on any atom is 0.225 e. The van der Waals surface area contributed by atoms with Crippen LogP contribution in [0, 0.1) is 0 Å². The zero-order chi connectivity index (χ0) is 11.9. The fourth-order valence-electron chi connectivity index (χ4n) is 2.43. The minimum Gasteiger partial charge on any atom is -0.292 e. The van der Waals surface area contributed by atoms with Gasteiger partial charge in [0.1, 0.15) is 0 Å². The molecule has 0 radical (unpaired) electrons. The molecule has 3 rings (SSSR count). The van der Waals surface area contributed by atoms with Crippen LogP contribution in [0.3, 0.4) is 0 Å². The van der Waals surface area contributed by atoms with Crippen LogP contribution in [-0.4, -0.2) is 14.8 Å². The highest BCUT2D eigenvalue weighted by atomic mass is 35.5. The van der Waals surface area contributed by atoms with Crippen LogP contribution in [0.25, 0.3) is 11.4 Å². The van der Waals surface area contributed by atoms with Gasteiger partial charge in [-0.1, -0.05) is 30.3 Å². The van der Waals surface area contributed by atoms with Crippen molar-refractivity contribution in [1.29, 1.82) is 0 Å². The molecule has 2 aromatic rings. The molecule has 88 valence electrons. The van der Waals surface area contributed by atoms with Gasteiger partial charge in [-0.2, -0.15) is 0 Å². The van der Waals surface area contributed by atoms with Gasteiger partial charge in [-0.05, 0) is 37.8 Å². The molecule has 0 atom stereocenters. The Balaban J connectivity index is 2.13. The number of benzene rings is 1. The predicted octanol–water partition coefficient (Wildman–Crippen LogP) is 3.50. The topological polar surface area (TPSA) is 30.7 Å². The molecule has 0 unspecified atom stereocenters. The molecule has 0 bridgehead atoms. The first kappa shape index (κ1) is 10.8. The summed E-state index contributed by atoms with van der Waals surface area (Å²) in [5.74, 6) is 0.873. The molecule has 0 spiro atoms. The zero-order valence-electron chi connectivity index (χ0n) is 9.73. The van der Waals surface area contributed by atoms with Crippen LogP contribution in [0.1, 0.15) is 26.2 Å². The Hall–Kier alpha value is -1.35. The van der Waals surface area contributed by atoms with Crippen LogP contribution >= 0.6 is 11.6 Å². The summed E-state index contributed by atoms with van der Waals surface area (Å²) in [5, 5.41) is 8.73. The fourth-order valence-corrected chi connectivity index (χ4v) is 2.75. The van der Waals surface area contributed by atoms with E-state index >= 15 is 0 Å². The third kappa shape index (κ3) is 1.65. The maximum absolute atomic E-state index is 6.18. The Morgan fingerprint density at radius 1 is 1.18 bits per heavy atom. The van der Waals surface area contributed by atoms with E-state index in [0.717, 1.165) is 24.2 Å². The molecule has 1 saturated carbocycles. The van der Waals surface area contributed by atoms with Gasteiger partial charge in [0.15, 0.2) is 5.82 Å².